The van der Waals surface area contributed by atoms with E-state index in [0.717, 1.165) is 42.8 Å². The Morgan fingerprint density at radius 2 is 2.10 bits per heavy atom. The highest BCUT2D eigenvalue weighted by atomic mass is 16.5. The molecule has 4 heterocycles. The summed E-state index contributed by atoms with van der Waals surface area (Å²) < 4.78 is 13.5. The molecule has 1 aliphatic heterocycles. The van der Waals surface area contributed by atoms with Crippen molar-refractivity contribution in [2.75, 3.05) is 20.2 Å². The molecule has 0 spiro atoms. The van der Waals surface area contributed by atoms with Crippen LogP contribution in [0.2, 0.25) is 0 Å². The van der Waals surface area contributed by atoms with Crippen LogP contribution in [0.15, 0.2) is 24.7 Å². The number of aryl methyl sites for hydroxylation is 1. The molecule has 2 aliphatic rings. The average Bonchev–Trinajstić information content (AvgIpc) is 3.40. The number of rotatable bonds is 6. The predicted molar refractivity (Wildman–Crippen MR) is 109 cm³/mol. The fourth-order valence-electron chi connectivity index (χ4n) is 3.95. The van der Waals surface area contributed by atoms with Crippen LogP contribution in [-0.2, 0) is 11.3 Å². The van der Waals surface area contributed by atoms with Gasteiger partial charge in [-0.15, -0.1) is 0 Å². The predicted octanol–water partition coefficient (Wildman–Crippen LogP) is 2.31. The first kappa shape index (κ1) is 18.8. The number of carbonyl (C=O) groups excluding carboxylic acids is 1. The van der Waals surface area contributed by atoms with Crippen molar-refractivity contribution in [2.24, 2.45) is 5.92 Å². The van der Waals surface area contributed by atoms with Gasteiger partial charge in [-0.3, -0.25) is 4.79 Å². The van der Waals surface area contributed by atoms with Crippen molar-refractivity contribution in [1.82, 2.24) is 29.4 Å². The van der Waals surface area contributed by atoms with E-state index in [-0.39, 0.29) is 17.9 Å². The monoisotopic (exact) mass is 408 g/mol. The highest BCUT2D eigenvalue weighted by Gasteiger charge is 2.37. The number of ether oxygens (including phenoxy) is 2. The topological polar surface area (TPSA) is 95.3 Å². The Morgan fingerprint density at radius 1 is 1.23 bits per heavy atom. The third-order valence-corrected chi connectivity index (χ3v) is 5.68. The zero-order chi connectivity index (χ0) is 20.7. The van der Waals surface area contributed by atoms with E-state index in [1.165, 1.54) is 6.33 Å². The number of pyridine rings is 1. The van der Waals surface area contributed by atoms with E-state index in [1.54, 1.807) is 13.3 Å². The molecule has 3 aromatic rings. The van der Waals surface area contributed by atoms with Gasteiger partial charge in [0.1, 0.15) is 18.3 Å². The number of methoxy groups -OCH3 is 1. The highest BCUT2D eigenvalue weighted by molar-refractivity contribution is 5.82. The second-order valence-electron chi connectivity index (χ2n) is 7.70. The molecular weight excluding hydrogens is 384 g/mol. The average molecular weight is 408 g/mol. The molecule has 1 saturated carbocycles. The Morgan fingerprint density at radius 3 is 2.87 bits per heavy atom. The third-order valence-electron chi connectivity index (χ3n) is 5.68. The van der Waals surface area contributed by atoms with Gasteiger partial charge >= 0.3 is 0 Å². The van der Waals surface area contributed by atoms with Crippen LogP contribution in [0, 0.1) is 5.92 Å². The second-order valence-corrected chi connectivity index (χ2v) is 7.70. The van der Waals surface area contributed by atoms with Crippen LogP contribution >= 0.6 is 0 Å². The van der Waals surface area contributed by atoms with Crippen molar-refractivity contribution in [1.29, 1.82) is 0 Å². The lowest BCUT2D eigenvalue weighted by Crippen LogP contribution is -2.32. The van der Waals surface area contributed by atoms with Gasteiger partial charge in [0.15, 0.2) is 11.2 Å². The molecule has 2 fully saturated rings. The second kappa shape index (κ2) is 7.55. The molecular formula is C21H24N6O3. The van der Waals surface area contributed by atoms with E-state index in [9.17, 15) is 4.79 Å². The summed E-state index contributed by atoms with van der Waals surface area (Å²) in [7, 11) is 1.59. The smallest absolute Gasteiger partial charge is 0.245 e. The zero-order valence-corrected chi connectivity index (χ0v) is 17.1. The number of aromatic nitrogens is 5. The molecule has 30 heavy (non-hydrogen) atoms. The maximum atomic E-state index is 12.3. The van der Waals surface area contributed by atoms with E-state index >= 15 is 0 Å². The van der Waals surface area contributed by atoms with Crippen LogP contribution in [0.3, 0.4) is 0 Å². The molecule has 0 bridgehead atoms. The summed E-state index contributed by atoms with van der Waals surface area (Å²) in [6.45, 7) is 4.08. The number of hydrogen-bond acceptors (Lipinski definition) is 7. The number of fused-ring (bicyclic) bond motifs is 1. The van der Waals surface area contributed by atoms with Crippen LogP contribution in [0.5, 0.6) is 11.8 Å². The number of hydrogen-bond donors (Lipinski definition) is 0. The maximum absolute atomic E-state index is 12.3. The summed E-state index contributed by atoms with van der Waals surface area (Å²) in [6.07, 6.45) is 5.95. The highest BCUT2D eigenvalue weighted by Crippen LogP contribution is 2.33. The molecule has 0 aromatic carbocycles. The van der Waals surface area contributed by atoms with Crippen molar-refractivity contribution in [3.8, 4) is 23.1 Å². The van der Waals surface area contributed by atoms with Crippen molar-refractivity contribution >= 4 is 17.1 Å². The van der Waals surface area contributed by atoms with Crippen LogP contribution in [0.1, 0.15) is 26.2 Å². The van der Waals surface area contributed by atoms with Gasteiger partial charge in [0.05, 0.1) is 13.7 Å². The van der Waals surface area contributed by atoms with Crippen molar-refractivity contribution in [3.63, 3.8) is 0 Å². The molecule has 0 N–H and O–H groups in total. The first-order valence-corrected chi connectivity index (χ1v) is 10.3. The Labute approximate surface area is 174 Å². The normalized spacial score (nSPS) is 18.7. The van der Waals surface area contributed by atoms with Crippen molar-refractivity contribution in [2.45, 2.75) is 38.8 Å². The molecule has 9 heteroatoms. The Hall–Kier alpha value is -3.23. The molecule has 0 radical (unpaired) electrons. The van der Waals surface area contributed by atoms with E-state index in [4.69, 9.17) is 14.5 Å². The van der Waals surface area contributed by atoms with Crippen LogP contribution in [-0.4, -0.2) is 61.6 Å². The Balaban J connectivity index is 1.45. The number of likely N-dealkylation sites (tertiary alicyclic amines) is 1. The largest absolute Gasteiger partial charge is 0.481 e. The van der Waals surface area contributed by atoms with Gasteiger partial charge in [-0.1, -0.05) is 0 Å². The number of amides is 1. The van der Waals surface area contributed by atoms with Crippen LogP contribution in [0.4, 0.5) is 0 Å². The van der Waals surface area contributed by atoms with Gasteiger partial charge < -0.3 is 18.9 Å². The fourth-order valence-corrected chi connectivity index (χ4v) is 3.95. The molecule has 9 nitrogen and oxygen atoms in total. The number of nitrogens with zero attached hydrogens (tertiary/aromatic N) is 6. The SMILES string of the molecule is CCn1c(-c2ccnc(OC)c2)nc2c(O[C@H]3CCN(C(=O)C4CC4)C3)ncnc21. The maximum Gasteiger partial charge on any atom is 0.245 e. The summed E-state index contributed by atoms with van der Waals surface area (Å²) in [5, 5.41) is 0. The van der Waals surface area contributed by atoms with Crippen LogP contribution in [0.25, 0.3) is 22.6 Å². The minimum absolute atomic E-state index is 0.0814. The molecule has 0 unspecified atom stereocenters. The van der Waals surface area contributed by atoms with E-state index < -0.39 is 0 Å². The van der Waals surface area contributed by atoms with Gasteiger partial charge in [-0.2, -0.15) is 4.98 Å². The lowest BCUT2D eigenvalue weighted by molar-refractivity contribution is -0.131. The lowest BCUT2D eigenvalue weighted by Gasteiger charge is -2.16. The third kappa shape index (κ3) is 3.34. The first-order chi connectivity index (χ1) is 14.7. The van der Waals surface area contributed by atoms with Crippen LogP contribution < -0.4 is 9.47 Å². The molecule has 3 aromatic heterocycles. The fraction of sp³-hybridized carbons (Fsp3) is 0.476. The molecule has 156 valence electrons. The van der Waals surface area contributed by atoms with Gasteiger partial charge in [-0.05, 0) is 25.8 Å². The van der Waals surface area contributed by atoms with Gasteiger partial charge in [0.25, 0.3) is 0 Å². The first-order valence-electron chi connectivity index (χ1n) is 10.3. The molecule has 5 rings (SSSR count). The summed E-state index contributed by atoms with van der Waals surface area (Å²) >= 11 is 0. The summed E-state index contributed by atoms with van der Waals surface area (Å²) in [6, 6.07) is 3.74. The van der Waals surface area contributed by atoms with Gasteiger partial charge in [0, 0.05) is 43.3 Å². The van der Waals surface area contributed by atoms with Gasteiger partial charge in [0.2, 0.25) is 17.7 Å². The van der Waals surface area contributed by atoms with Gasteiger partial charge in [-0.25, -0.2) is 15.0 Å². The number of carbonyl (C=O) groups is 1. The summed E-state index contributed by atoms with van der Waals surface area (Å²) in [5.41, 5.74) is 2.23. The summed E-state index contributed by atoms with van der Waals surface area (Å²) in [4.78, 5) is 32.0. The number of imidazole rings is 1. The standard InChI is InChI=1S/C21H24N6O3/c1-3-27-18(14-6-8-22-16(10-14)29-2)25-17-19(27)23-12-24-20(17)30-15-7-9-26(11-15)21(28)13-4-5-13/h6,8,10,12-13,15H,3-5,7,9,11H2,1-2H3/t15-/m0/s1. The Kier molecular flexibility index (Phi) is 4.72. The van der Waals surface area contributed by atoms with Crippen molar-refractivity contribution < 1.29 is 14.3 Å². The zero-order valence-electron chi connectivity index (χ0n) is 17.1. The van der Waals surface area contributed by atoms with E-state index in [2.05, 4.69) is 15.0 Å². The molecule has 1 atom stereocenters. The van der Waals surface area contributed by atoms with E-state index in [0.29, 0.717) is 30.4 Å². The van der Waals surface area contributed by atoms with Crippen molar-refractivity contribution in [3.05, 3.63) is 24.7 Å². The Bertz CT molecular complexity index is 1090. The molecule has 1 saturated heterocycles. The summed E-state index contributed by atoms with van der Waals surface area (Å²) in [5.74, 6) is 2.24. The molecule has 1 aliphatic carbocycles. The quantitative estimate of drug-likeness (QED) is 0.618. The molecule has 1 amide bonds. The lowest BCUT2D eigenvalue weighted by atomic mass is 10.2. The minimum Gasteiger partial charge on any atom is -0.481 e. The minimum atomic E-state index is -0.0814. The van der Waals surface area contributed by atoms with E-state index in [1.807, 2.05) is 28.5 Å².